The van der Waals surface area contributed by atoms with Gasteiger partial charge < -0.3 is 29.8 Å². The van der Waals surface area contributed by atoms with Gasteiger partial charge in [-0.2, -0.15) is 0 Å². The summed E-state index contributed by atoms with van der Waals surface area (Å²) in [5.74, 6) is -1.02. The Bertz CT molecular complexity index is 1160. The number of halogens is 1. The summed E-state index contributed by atoms with van der Waals surface area (Å²) in [6.07, 6.45) is -0.862. The van der Waals surface area contributed by atoms with E-state index in [1.54, 1.807) is 12.1 Å². The van der Waals surface area contributed by atoms with Gasteiger partial charge in [-0.05, 0) is 46.1 Å². The average Bonchev–Trinajstić information content (AvgIpc) is 2.69. The van der Waals surface area contributed by atoms with Crippen molar-refractivity contribution in [2.24, 2.45) is 5.73 Å². The first-order valence-corrected chi connectivity index (χ1v) is 9.39. The van der Waals surface area contributed by atoms with Crippen LogP contribution in [0.25, 0.3) is 11.0 Å². The molecule has 0 spiro atoms. The number of rotatable bonds is 6. The first-order chi connectivity index (χ1) is 14.2. The molecule has 1 heterocycles. The number of benzene rings is 2. The van der Waals surface area contributed by atoms with E-state index in [2.05, 4.69) is 15.9 Å². The van der Waals surface area contributed by atoms with Crippen LogP contribution in [0.15, 0.2) is 56.1 Å². The highest BCUT2D eigenvalue weighted by Crippen LogP contribution is 2.30. The zero-order valence-electron chi connectivity index (χ0n) is 15.3. The lowest BCUT2D eigenvalue weighted by atomic mass is 10.1. The number of phenolic OH excluding ortho intramolecular Hbond substituents is 1. The monoisotopic (exact) mass is 477 g/mol. The van der Waals surface area contributed by atoms with Gasteiger partial charge in [0.25, 0.3) is 0 Å². The van der Waals surface area contributed by atoms with Crippen LogP contribution < -0.4 is 16.1 Å². The lowest BCUT2D eigenvalue weighted by Crippen LogP contribution is -2.32. The predicted molar refractivity (Wildman–Crippen MR) is 108 cm³/mol. The summed E-state index contributed by atoms with van der Waals surface area (Å²) in [5, 5.41) is 19.0. The highest BCUT2D eigenvalue weighted by atomic mass is 79.9. The molecule has 0 saturated heterocycles. The van der Waals surface area contributed by atoms with E-state index in [-0.39, 0.29) is 30.1 Å². The van der Waals surface area contributed by atoms with Crippen molar-refractivity contribution in [3.05, 3.63) is 68.5 Å². The summed E-state index contributed by atoms with van der Waals surface area (Å²) in [6, 6.07) is 9.12. The number of phenols is 1. The minimum Gasteiger partial charge on any atom is -0.507 e. The molecule has 4 N–H and O–H groups in total. The minimum atomic E-state index is -1.11. The highest BCUT2D eigenvalue weighted by molar-refractivity contribution is 9.10. The van der Waals surface area contributed by atoms with Crippen LogP contribution in [0.1, 0.15) is 11.1 Å². The summed E-state index contributed by atoms with van der Waals surface area (Å²) >= 11 is 3.18. The molecule has 1 aromatic heterocycles. The molecule has 3 aromatic rings. The third-order valence-corrected chi connectivity index (χ3v) is 4.78. The number of hydrogen-bond donors (Lipinski definition) is 3. The second-order valence-corrected chi connectivity index (χ2v) is 7.18. The molecule has 0 aliphatic carbocycles. The molecule has 0 radical (unpaired) electrons. The molecular formula is C20H16BrNO8. The van der Waals surface area contributed by atoms with Crippen molar-refractivity contribution in [1.29, 1.82) is 0 Å². The maximum Gasteiger partial charge on any atom is 0.514 e. The number of aliphatic carboxylic acids is 1. The Balaban J connectivity index is 1.66. The molecule has 156 valence electrons. The molecule has 10 heteroatoms. The fourth-order valence-corrected chi connectivity index (χ4v) is 3.00. The Hall–Kier alpha value is -3.37. The van der Waals surface area contributed by atoms with Crippen LogP contribution in [0.2, 0.25) is 0 Å². The number of carbonyl (C=O) groups is 2. The van der Waals surface area contributed by atoms with Gasteiger partial charge >= 0.3 is 17.8 Å². The standard InChI is InChI=1S/C20H16BrNO8/c21-14-7-13-11(6-18(24)30-17(13)8-16(14)23)9-28-20(27)29-12-3-1-10(2-4-12)5-15(22)19(25)26/h1-4,6-8,15,23H,5,9,22H2,(H,25,26)/t15-/m0/s1. The largest absolute Gasteiger partial charge is 0.514 e. The van der Waals surface area contributed by atoms with E-state index >= 15 is 0 Å². The van der Waals surface area contributed by atoms with Crippen LogP contribution in [-0.2, 0) is 22.6 Å². The Morgan fingerprint density at radius 3 is 2.53 bits per heavy atom. The minimum absolute atomic E-state index is 0.101. The Labute approximate surface area is 177 Å². The molecule has 3 rings (SSSR count). The Kier molecular flexibility index (Phi) is 6.38. The lowest BCUT2D eigenvalue weighted by molar-refractivity contribution is -0.138. The fraction of sp³-hybridized carbons (Fsp3) is 0.150. The molecule has 0 unspecified atom stereocenters. The molecule has 0 aliphatic rings. The van der Waals surface area contributed by atoms with Crippen molar-refractivity contribution >= 4 is 39.0 Å². The van der Waals surface area contributed by atoms with Crippen LogP contribution in [0.3, 0.4) is 0 Å². The van der Waals surface area contributed by atoms with Gasteiger partial charge in [-0.3, -0.25) is 4.79 Å². The number of carboxylic acids is 1. The van der Waals surface area contributed by atoms with Gasteiger partial charge in [-0.15, -0.1) is 0 Å². The molecule has 30 heavy (non-hydrogen) atoms. The summed E-state index contributed by atoms with van der Waals surface area (Å²) in [6.45, 7) is -0.260. The van der Waals surface area contributed by atoms with Crippen molar-refractivity contribution in [2.45, 2.75) is 19.1 Å². The molecule has 0 aliphatic heterocycles. The number of fused-ring (bicyclic) bond motifs is 1. The Morgan fingerprint density at radius 1 is 1.17 bits per heavy atom. The van der Waals surface area contributed by atoms with Crippen molar-refractivity contribution < 1.29 is 33.7 Å². The summed E-state index contributed by atoms with van der Waals surface area (Å²) in [7, 11) is 0. The summed E-state index contributed by atoms with van der Waals surface area (Å²) in [4.78, 5) is 34.5. The van der Waals surface area contributed by atoms with E-state index in [0.29, 0.717) is 21.0 Å². The van der Waals surface area contributed by atoms with Gasteiger partial charge in [0.1, 0.15) is 29.7 Å². The second kappa shape index (κ2) is 8.97. The van der Waals surface area contributed by atoms with Gasteiger partial charge in [0.2, 0.25) is 0 Å². The van der Waals surface area contributed by atoms with Gasteiger partial charge in [-0.1, -0.05) is 12.1 Å². The SMILES string of the molecule is N[C@@H](Cc1ccc(OC(=O)OCc2cc(=O)oc3cc(O)c(Br)cc23)cc1)C(=O)O. The number of nitrogens with two attached hydrogens (primary N) is 1. The van der Waals surface area contributed by atoms with Gasteiger partial charge in [0, 0.05) is 23.1 Å². The van der Waals surface area contributed by atoms with E-state index in [1.165, 1.54) is 30.3 Å². The molecule has 1 atom stereocenters. The van der Waals surface area contributed by atoms with Crippen LogP contribution in [0.5, 0.6) is 11.5 Å². The third-order valence-electron chi connectivity index (χ3n) is 4.14. The Morgan fingerprint density at radius 2 is 1.87 bits per heavy atom. The molecule has 0 fully saturated rings. The van der Waals surface area contributed by atoms with E-state index < -0.39 is 23.8 Å². The van der Waals surface area contributed by atoms with Crippen molar-refractivity contribution in [3.8, 4) is 11.5 Å². The van der Waals surface area contributed by atoms with E-state index in [0.717, 1.165) is 0 Å². The summed E-state index contributed by atoms with van der Waals surface area (Å²) in [5.41, 5.74) is 6.00. The zero-order valence-corrected chi connectivity index (χ0v) is 16.9. The smallest absolute Gasteiger partial charge is 0.507 e. The number of carboxylic acid groups (broad SMARTS) is 1. The zero-order chi connectivity index (χ0) is 21.8. The lowest BCUT2D eigenvalue weighted by Gasteiger charge is -2.09. The van der Waals surface area contributed by atoms with Gasteiger partial charge in [0.05, 0.1) is 4.47 Å². The van der Waals surface area contributed by atoms with Gasteiger partial charge in [-0.25, -0.2) is 9.59 Å². The molecular weight excluding hydrogens is 462 g/mol. The number of carbonyl (C=O) groups excluding carboxylic acids is 1. The first-order valence-electron chi connectivity index (χ1n) is 8.60. The predicted octanol–water partition coefficient (Wildman–Crippen LogP) is 2.93. The van der Waals surface area contributed by atoms with Crippen LogP contribution in [-0.4, -0.2) is 28.4 Å². The van der Waals surface area contributed by atoms with E-state index in [4.69, 9.17) is 24.7 Å². The van der Waals surface area contributed by atoms with Crippen LogP contribution in [0.4, 0.5) is 4.79 Å². The summed E-state index contributed by atoms with van der Waals surface area (Å²) < 4.78 is 15.6. The topological polar surface area (TPSA) is 149 Å². The fourth-order valence-electron chi connectivity index (χ4n) is 2.65. The average molecular weight is 478 g/mol. The molecule has 0 saturated carbocycles. The maximum atomic E-state index is 12.0. The van der Waals surface area contributed by atoms with Gasteiger partial charge in [0.15, 0.2) is 0 Å². The quantitative estimate of drug-likeness (QED) is 0.276. The van der Waals surface area contributed by atoms with Crippen molar-refractivity contribution in [2.75, 3.05) is 0 Å². The number of ether oxygens (including phenoxy) is 2. The van der Waals surface area contributed by atoms with Crippen LogP contribution >= 0.6 is 15.9 Å². The highest BCUT2D eigenvalue weighted by Gasteiger charge is 2.14. The van der Waals surface area contributed by atoms with E-state index in [1.807, 2.05) is 0 Å². The second-order valence-electron chi connectivity index (χ2n) is 6.32. The first kappa shape index (κ1) is 21.3. The number of aromatic hydroxyl groups is 1. The maximum absolute atomic E-state index is 12.0. The molecule has 2 aromatic carbocycles. The van der Waals surface area contributed by atoms with Crippen molar-refractivity contribution in [1.82, 2.24) is 0 Å². The van der Waals surface area contributed by atoms with Crippen molar-refractivity contribution in [3.63, 3.8) is 0 Å². The molecule has 0 bridgehead atoms. The molecule has 0 amide bonds. The molecule has 9 nitrogen and oxygen atoms in total. The third kappa shape index (κ3) is 5.16. The number of hydrogen-bond acceptors (Lipinski definition) is 8. The van der Waals surface area contributed by atoms with Crippen LogP contribution in [0, 0.1) is 0 Å². The normalized spacial score (nSPS) is 11.8. The van der Waals surface area contributed by atoms with E-state index in [9.17, 15) is 19.5 Å².